The van der Waals surface area contributed by atoms with E-state index in [0.29, 0.717) is 18.9 Å². The number of H-pyrrole nitrogens is 1. The highest BCUT2D eigenvalue weighted by Crippen LogP contribution is 2.19. The van der Waals surface area contributed by atoms with Gasteiger partial charge in [-0.2, -0.15) is 0 Å². The number of hydrogen-bond acceptors (Lipinski definition) is 6. The van der Waals surface area contributed by atoms with Gasteiger partial charge in [0.1, 0.15) is 5.25 Å². The second kappa shape index (κ2) is 5.21. The van der Waals surface area contributed by atoms with Gasteiger partial charge >= 0.3 is 5.76 Å². The molecule has 18 heavy (non-hydrogen) atoms. The summed E-state index contributed by atoms with van der Waals surface area (Å²) in [7, 11) is -3.40. The summed E-state index contributed by atoms with van der Waals surface area (Å²) >= 11 is 0. The van der Waals surface area contributed by atoms with Crippen molar-refractivity contribution in [3.8, 4) is 0 Å². The van der Waals surface area contributed by atoms with E-state index in [4.69, 9.17) is 4.74 Å². The second-order valence-electron chi connectivity index (χ2n) is 4.13. The van der Waals surface area contributed by atoms with Crippen molar-refractivity contribution in [3.63, 3.8) is 0 Å². The molecule has 1 aliphatic rings. The van der Waals surface area contributed by atoms with Crippen LogP contribution in [0.25, 0.3) is 0 Å². The number of nitrogens with one attached hydrogen (secondary N) is 2. The Labute approximate surface area is 104 Å². The van der Waals surface area contributed by atoms with Gasteiger partial charge in [-0.15, -0.1) is 0 Å². The van der Waals surface area contributed by atoms with E-state index in [1.54, 1.807) is 6.92 Å². The molecular weight excluding hydrogens is 262 g/mol. The highest BCUT2D eigenvalue weighted by Gasteiger charge is 2.35. The van der Waals surface area contributed by atoms with Gasteiger partial charge in [-0.3, -0.25) is 9.51 Å². The molecule has 0 amide bonds. The van der Waals surface area contributed by atoms with Crippen LogP contribution in [-0.2, 0) is 21.2 Å². The molecule has 0 radical (unpaired) electrons. The van der Waals surface area contributed by atoms with E-state index in [1.165, 1.54) is 0 Å². The molecule has 1 aromatic rings. The van der Waals surface area contributed by atoms with Crippen molar-refractivity contribution in [2.45, 2.75) is 31.1 Å². The third kappa shape index (κ3) is 2.98. The van der Waals surface area contributed by atoms with Crippen molar-refractivity contribution in [2.75, 3.05) is 13.2 Å². The molecule has 2 N–H and O–H groups in total. The molecule has 0 spiro atoms. The molecule has 1 aliphatic heterocycles. The molecular formula is C9H15N3O5S. The molecule has 1 fully saturated rings. The molecule has 1 aromatic heterocycles. The zero-order chi connectivity index (χ0) is 13.2. The fourth-order valence-corrected chi connectivity index (χ4v) is 3.50. The summed E-state index contributed by atoms with van der Waals surface area (Å²) in [5.74, 6) is -0.330. The Balaban J connectivity index is 1.87. The summed E-state index contributed by atoms with van der Waals surface area (Å²) in [6.07, 6.45) is 0.471. The van der Waals surface area contributed by atoms with Crippen LogP contribution in [0.5, 0.6) is 0 Å². The Bertz CT molecular complexity index is 549. The molecule has 1 saturated heterocycles. The van der Waals surface area contributed by atoms with E-state index in [2.05, 4.69) is 19.4 Å². The van der Waals surface area contributed by atoms with Gasteiger partial charge in [0.25, 0.3) is 0 Å². The number of nitrogens with zero attached hydrogens (tertiary/aromatic N) is 1. The number of aromatic nitrogens is 2. The summed E-state index contributed by atoms with van der Waals surface area (Å²) in [6.45, 7) is 2.36. The molecule has 2 heterocycles. The van der Waals surface area contributed by atoms with Gasteiger partial charge in [0, 0.05) is 19.6 Å². The van der Waals surface area contributed by atoms with E-state index in [-0.39, 0.29) is 19.1 Å². The number of sulfonamides is 1. The van der Waals surface area contributed by atoms with Gasteiger partial charge in [-0.05, 0) is 13.3 Å². The molecule has 0 aliphatic carbocycles. The van der Waals surface area contributed by atoms with Crippen molar-refractivity contribution in [1.82, 2.24) is 14.9 Å². The lowest BCUT2D eigenvalue weighted by molar-refractivity contribution is 0.126. The topological polar surface area (TPSA) is 114 Å². The van der Waals surface area contributed by atoms with Crippen LogP contribution in [0.4, 0.5) is 0 Å². The summed E-state index contributed by atoms with van der Waals surface area (Å²) in [5.41, 5.74) is 0. The predicted octanol–water partition coefficient (Wildman–Crippen LogP) is -0.998. The first-order valence-electron chi connectivity index (χ1n) is 5.64. The van der Waals surface area contributed by atoms with Crippen molar-refractivity contribution in [2.24, 2.45) is 0 Å². The van der Waals surface area contributed by atoms with Crippen LogP contribution in [0, 0.1) is 0 Å². The Morgan fingerprint density at radius 2 is 2.33 bits per heavy atom. The Hall–Kier alpha value is -1.19. The van der Waals surface area contributed by atoms with Gasteiger partial charge in [0.05, 0.1) is 6.10 Å². The van der Waals surface area contributed by atoms with Crippen LogP contribution in [0.15, 0.2) is 9.32 Å². The lowest BCUT2D eigenvalue weighted by Gasteiger charge is -2.15. The molecule has 0 aromatic carbocycles. The van der Waals surface area contributed by atoms with Crippen LogP contribution in [0.3, 0.4) is 0 Å². The second-order valence-corrected chi connectivity index (χ2v) is 6.12. The molecule has 0 bridgehead atoms. The fraction of sp³-hybridized carbons (Fsp3) is 0.778. The first kappa shape index (κ1) is 13.2. The first-order chi connectivity index (χ1) is 8.49. The zero-order valence-corrected chi connectivity index (χ0v) is 10.7. The maximum absolute atomic E-state index is 11.9. The zero-order valence-electron chi connectivity index (χ0n) is 9.88. The summed E-state index contributed by atoms with van der Waals surface area (Å²) in [4.78, 5) is 13.0. The smallest absolute Gasteiger partial charge is 0.377 e. The Morgan fingerprint density at radius 1 is 1.56 bits per heavy atom. The average Bonchev–Trinajstić information content (AvgIpc) is 2.87. The van der Waals surface area contributed by atoms with Gasteiger partial charge in [-0.1, -0.05) is 5.16 Å². The number of rotatable bonds is 5. The van der Waals surface area contributed by atoms with E-state index in [1.807, 2.05) is 0 Å². The molecule has 8 nitrogen and oxygen atoms in total. The minimum atomic E-state index is -3.40. The van der Waals surface area contributed by atoms with E-state index >= 15 is 0 Å². The van der Waals surface area contributed by atoms with E-state index in [9.17, 15) is 13.2 Å². The summed E-state index contributed by atoms with van der Waals surface area (Å²) in [5, 5.41) is 2.93. The van der Waals surface area contributed by atoms with Crippen LogP contribution >= 0.6 is 0 Å². The average molecular weight is 277 g/mol. The lowest BCUT2D eigenvalue weighted by Crippen LogP contribution is -2.39. The summed E-state index contributed by atoms with van der Waals surface area (Å²) < 4.78 is 35.9. The normalized spacial score (nSPS) is 24.5. The third-order valence-electron chi connectivity index (χ3n) is 2.86. The van der Waals surface area contributed by atoms with Gasteiger partial charge in [-0.25, -0.2) is 17.9 Å². The van der Waals surface area contributed by atoms with Crippen LogP contribution in [-0.4, -0.2) is 43.1 Å². The van der Waals surface area contributed by atoms with Gasteiger partial charge in [0.2, 0.25) is 10.0 Å². The van der Waals surface area contributed by atoms with Crippen molar-refractivity contribution < 1.29 is 17.7 Å². The maximum atomic E-state index is 11.9. The van der Waals surface area contributed by atoms with E-state index in [0.717, 1.165) is 0 Å². The number of aromatic amines is 1. The monoisotopic (exact) mass is 277 g/mol. The maximum Gasteiger partial charge on any atom is 0.438 e. The number of ether oxygens (including phenoxy) is 1. The van der Waals surface area contributed by atoms with Gasteiger partial charge in [0.15, 0.2) is 5.82 Å². The molecule has 9 heteroatoms. The molecule has 102 valence electrons. The third-order valence-corrected chi connectivity index (χ3v) is 4.88. The highest BCUT2D eigenvalue weighted by molar-refractivity contribution is 7.90. The number of hydrogen-bond donors (Lipinski definition) is 2. The Morgan fingerprint density at radius 3 is 2.89 bits per heavy atom. The summed E-state index contributed by atoms with van der Waals surface area (Å²) in [6, 6.07) is 0. The molecule has 2 rings (SSSR count). The minimum absolute atomic E-state index is 0.161. The first-order valence-corrected chi connectivity index (χ1v) is 7.18. The van der Waals surface area contributed by atoms with Crippen molar-refractivity contribution >= 4 is 10.0 Å². The molecule has 2 atom stereocenters. The largest absolute Gasteiger partial charge is 0.438 e. The standard InChI is InChI=1S/C9H15N3O5S/c1-6-7(3-5-16-6)18(14,15)10-4-2-8-11-9(13)17-12-8/h6-7,10H,2-5H2,1H3,(H,11,12,13). The van der Waals surface area contributed by atoms with Crippen LogP contribution < -0.4 is 10.5 Å². The quantitative estimate of drug-likeness (QED) is 0.713. The SMILES string of the molecule is CC1OCCC1S(=O)(=O)NCCc1noc(=O)[nH]1. The molecule has 0 saturated carbocycles. The highest BCUT2D eigenvalue weighted by atomic mass is 32.2. The fourth-order valence-electron chi connectivity index (χ4n) is 1.91. The van der Waals surface area contributed by atoms with Crippen molar-refractivity contribution in [1.29, 1.82) is 0 Å². The van der Waals surface area contributed by atoms with Gasteiger partial charge < -0.3 is 4.74 Å². The van der Waals surface area contributed by atoms with E-state index < -0.39 is 21.0 Å². The molecule has 2 unspecified atom stereocenters. The predicted molar refractivity (Wildman–Crippen MR) is 61.6 cm³/mol. The van der Waals surface area contributed by atoms with Crippen molar-refractivity contribution in [3.05, 3.63) is 16.4 Å². The Kier molecular flexibility index (Phi) is 3.83. The van der Waals surface area contributed by atoms with Crippen LogP contribution in [0.2, 0.25) is 0 Å². The lowest BCUT2D eigenvalue weighted by atomic mass is 10.3. The minimum Gasteiger partial charge on any atom is -0.377 e. The van der Waals surface area contributed by atoms with Crippen LogP contribution in [0.1, 0.15) is 19.2 Å².